The van der Waals surface area contributed by atoms with Crippen LogP contribution in [0.5, 0.6) is 0 Å². The summed E-state index contributed by atoms with van der Waals surface area (Å²) in [6, 6.07) is -0.566. The molecule has 1 heterocycles. The normalized spacial score (nSPS) is 25.9. The van der Waals surface area contributed by atoms with Crippen LogP contribution in [0, 0.1) is 11.8 Å². The summed E-state index contributed by atoms with van der Waals surface area (Å²) in [6.07, 6.45) is 6.91. The molecule has 0 aromatic rings. The summed E-state index contributed by atoms with van der Waals surface area (Å²) in [6.45, 7) is 0.838. The number of hydrogen-bond acceptors (Lipinski definition) is 6. The lowest BCUT2D eigenvalue weighted by atomic mass is 9.81. The summed E-state index contributed by atoms with van der Waals surface area (Å²) in [5, 5.41) is 4.92. The van der Waals surface area contributed by atoms with E-state index in [0.717, 1.165) is 49.8 Å². The maximum Gasteiger partial charge on any atom is 0.326 e. The number of imide groups is 2. The first-order valence-corrected chi connectivity index (χ1v) is 10.5. The van der Waals surface area contributed by atoms with Crippen LogP contribution in [0.4, 0.5) is 4.79 Å². The van der Waals surface area contributed by atoms with Gasteiger partial charge >= 0.3 is 12.0 Å². The first-order valence-electron chi connectivity index (χ1n) is 10.5. The van der Waals surface area contributed by atoms with Crippen LogP contribution in [0.2, 0.25) is 0 Å². The summed E-state index contributed by atoms with van der Waals surface area (Å²) >= 11 is 0. The second-order valence-corrected chi connectivity index (χ2v) is 8.19. The lowest BCUT2D eigenvalue weighted by molar-refractivity contribution is -0.159. The van der Waals surface area contributed by atoms with Gasteiger partial charge in [0, 0.05) is 6.04 Å². The molecule has 160 valence electrons. The maximum atomic E-state index is 12.4. The number of likely N-dealkylation sites (tertiary alicyclic amines) is 1. The molecule has 1 saturated heterocycles. The Morgan fingerprint density at radius 1 is 0.966 bits per heavy atom. The predicted molar refractivity (Wildman–Crippen MR) is 101 cm³/mol. The average molecular weight is 407 g/mol. The number of esters is 1. The largest absolute Gasteiger partial charge is 0.451 e. The molecule has 5 amide bonds. The average Bonchev–Trinajstić information content (AvgIpc) is 2.93. The maximum absolute atomic E-state index is 12.4. The van der Waals surface area contributed by atoms with Gasteiger partial charge in [0.2, 0.25) is 11.8 Å². The van der Waals surface area contributed by atoms with Crippen LogP contribution < -0.4 is 10.6 Å². The van der Waals surface area contributed by atoms with Crippen molar-refractivity contribution >= 4 is 29.7 Å². The Labute approximate surface area is 169 Å². The zero-order chi connectivity index (χ0) is 21.0. The number of fused-ring (bicyclic) bond motifs is 1. The van der Waals surface area contributed by atoms with Crippen molar-refractivity contribution in [3.8, 4) is 0 Å². The molecule has 0 radical (unpaired) electrons. The van der Waals surface area contributed by atoms with Gasteiger partial charge in [-0.3, -0.25) is 29.4 Å². The van der Waals surface area contributed by atoms with Gasteiger partial charge < -0.3 is 10.1 Å². The molecule has 29 heavy (non-hydrogen) atoms. The lowest BCUT2D eigenvalue weighted by Gasteiger charge is -2.23. The van der Waals surface area contributed by atoms with Crippen molar-refractivity contribution in [2.45, 2.75) is 76.9 Å². The van der Waals surface area contributed by atoms with Crippen LogP contribution in [0.3, 0.4) is 0 Å². The van der Waals surface area contributed by atoms with Crippen LogP contribution in [-0.4, -0.2) is 53.3 Å². The Kier molecular flexibility index (Phi) is 6.87. The van der Waals surface area contributed by atoms with Crippen molar-refractivity contribution in [2.24, 2.45) is 11.8 Å². The van der Waals surface area contributed by atoms with Crippen molar-refractivity contribution in [1.29, 1.82) is 0 Å². The minimum absolute atomic E-state index is 0.0464. The number of amides is 5. The van der Waals surface area contributed by atoms with Gasteiger partial charge in [0.15, 0.2) is 6.10 Å². The van der Waals surface area contributed by atoms with E-state index in [2.05, 4.69) is 10.6 Å². The second kappa shape index (κ2) is 9.37. The molecular formula is C20H29N3O6. The molecule has 3 fully saturated rings. The highest BCUT2D eigenvalue weighted by atomic mass is 16.5. The molecule has 9 heteroatoms. The Balaban J connectivity index is 1.44. The highest BCUT2D eigenvalue weighted by Crippen LogP contribution is 2.37. The van der Waals surface area contributed by atoms with Crippen molar-refractivity contribution in [2.75, 3.05) is 6.54 Å². The Hall–Kier alpha value is -2.45. The second-order valence-electron chi connectivity index (χ2n) is 8.19. The zero-order valence-corrected chi connectivity index (χ0v) is 16.8. The summed E-state index contributed by atoms with van der Waals surface area (Å²) in [5.41, 5.74) is 0. The number of carbonyl (C=O) groups is 5. The van der Waals surface area contributed by atoms with E-state index in [1.807, 2.05) is 0 Å². The van der Waals surface area contributed by atoms with Gasteiger partial charge in [0.05, 0.1) is 11.8 Å². The molecule has 2 N–H and O–H groups in total. The van der Waals surface area contributed by atoms with E-state index in [0.29, 0.717) is 12.8 Å². The zero-order valence-electron chi connectivity index (χ0n) is 16.8. The van der Waals surface area contributed by atoms with E-state index in [9.17, 15) is 24.0 Å². The van der Waals surface area contributed by atoms with Gasteiger partial charge in [0.25, 0.3) is 5.91 Å². The van der Waals surface area contributed by atoms with Gasteiger partial charge in [-0.1, -0.05) is 32.1 Å². The van der Waals surface area contributed by atoms with Crippen molar-refractivity contribution < 1.29 is 28.7 Å². The standard InChI is InChI=1S/C20H29N3O6/c1-12(17(25)22-20(28)21-13-7-3-2-4-8-13)29-16(24)11-23-18(26)14-9-5-6-10-15(14)19(23)27/h12-15H,2-11H2,1H3,(H2,21,22,25,28)/t12-,14-,15+/m1/s1. The quantitative estimate of drug-likeness (QED) is 0.522. The Morgan fingerprint density at radius 3 is 2.10 bits per heavy atom. The third kappa shape index (κ3) is 5.13. The van der Waals surface area contributed by atoms with Gasteiger partial charge in [-0.2, -0.15) is 0 Å². The van der Waals surface area contributed by atoms with Crippen molar-refractivity contribution in [3.63, 3.8) is 0 Å². The first-order chi connectivity index (χ1) is 13.9. The highest BCUT2D eigenvalue weighted by Gasteiger charge is 2.48. The predicted octanol–water partition coefficient (Wildman–Crippen LogP) is 1.25. The molecule has 3 rings (SSSR count). The number of rotatable bonds is 5. The Morgan fingerprint density at radius 2 is 1.52 bits per heavy atom. The number of hydrogen-bond donors (Lipinski definition) is 2. The van der Waals surface area contributed by atoms with Crippen molar-refractivity contribution in [1.82, 2.24) is 15.5 Å². The Bertz CT molecular complexity index is 664. The molecule has 0 bridgehead atoms. The summed E-state index contributed by atoms with van der Waals surface area (Å²) < 4.78 is 5.04. The minimum atomic E-state index is -1.21. The number of urea groups is 1. The number of nitrogens with one attached hydrogen (secondary N) is 2. The van der Waals surface area contributed by atoms with Crippen LogP contribution >= 0.6 is 0 Å². The molecule has 1 aliphatic heterocycles. The summed E-state index contributed by atoms with van der Waals surface area (Å²) in [7, 11) is 0. The number of carbonyl (C=O) groups excluding carboxylic acids is 5. The number of ether oxygens (including phenoxy) is 1. The van der Waals surface area contributed by atoms with E-state index < -0.39 is 30.6 Å². The summed E-state index contributed by atoms with van der Waals surface area (Å²) in [5.74, 6) is -2.94. The van der Waals surface area contributed by atoms with Crippen LogP contribution in [0.15, 0.2) is 0 Å². The molecule has 3 aliphatic rings. The third-order valence-corrected chi connectivity index (χ3v) is 6.07. The fourth-order valence-corrected chi connectivity index (χ4v) is 4.49. The van der Waals surface area contributed by atoms with Crippen LogP contribution in [-0.2, 0) is 23.9 Å². The molecule has 0 unspecified atom stereocenters. The van der Waals surface area contributed by atoms with E-state index in [4.69, 9.17) is 4.74 Å². The molecule has 0 aromatic carbocycles. The smallest absolute Gasteiger partial charge is 0.326 e. The SMILES string of the molecule is C[C@@H](OC(=O)CN1C(=O)[C@H]2CCCC[C@H]2C1=O)C(=O)NC(=O)NC1CCCCC1. The lowest BCUT2D eigenvalue weighted by Crippen LogP contribution is -2.48. The first kappa shape index (κ1) is 21.3. The van der Waals surface area contributed by atoms with Gasteiger partial charge in [-0.05, 0) is 32.6 Å². The monoisotopic (exact) mass is 407 g/mol. The summed E-state index contributed by atoms with van der Waals surface area (Å²) in [4.78, 5) is 62.0. The molecule has 9 nitrogen and oxygen atoms in total. The van der Waals surface area contributed by atoms with Gasteiger partial charge in [0.1, 0.15) is 6.54 Å². The van der Waals surface area contributed by atoms with Gasteiger partial charge in [-0.15, -0.1) is 0 Å². The van der Waals surface area contributed by atoms with E-state index in [-0.39, 0.29) is 29.7 Å². The highest BCUT2D eigenvalue weighted by molar-refractivity contribution is 6.07. The van der Waals surface area contributed by atoms with E-state index in [1.54, 1.807) is 0 Å². The molecule has 3 atom stereocenters. The fourth-order valence-electron chi connectivity index (χ4n) is 4.49. The van der Waals surface area contributed by atoms with Crippen molar-refractivity contribution in [3.05, 3.63) is 0 Å². The van der Waals surface area contributed by atoms with E-state index in [1.165, 1.54) is 6.92 Å². The molecule has 0 aromatic heterocycles. The topological polar surface area (TPSA) is 122 Å². The molecule has 0 spiro atoms. The molecule has 2 aliphatic carbocycles. The number of nitrogens with zero attached hydrogens (tertiary/aromatic N) is 1. The van der Waals surface area contributed by atoms with Gasteiger partial charge in [-0.25, -0.2) is 4.79 Å². The molecular weight excluding hydrogens is 378 g/mol. The van der Waals surface area contributed by atoms with Crippen LogP contribution in [0.25, 0.3) is 0 Å². The third-order valence-electron chi connectivity index (χ3n) is 6.07. The fraction of sp³-hybridized carbons (Fsp3) is 0.750. The molecule has 2 saturated carbocycles. The minimum Gasteiger partial charge on any atom is -0.451 e. The van der Waals surface area contributed by atoms with E-state index >= 15 is 0 Å². The van der Waals surface area contributed by atoms with Crippen LogP contribution in [0.1, 0.15) is 64.7 Å².